The summed E-state index contributed by atoms with van der Waals surface area (Å²) in [6.45, 7) is 16.6. The second-order valence-electron chi connectivity index (χ2n) is 10.5. The molecule has 0 radical (unpaired) electrons. The van der Waals surface area contributed by atoms with E-state index in [1.165, 1.54) is 0 Å². The number of carbonyl (C=O) groups excluding carboxylic acids is 2. The minimum absolute atomic E-state index is 0.182. The summed E-state index contributed by atoms with van der Waals surface area (Å²) in [4.78, 5) is 26.3. The predicted octanol–water partition coefficient (Wildman–Crippen LogP) is 7.97. The first-order chi connectivity index (χ1) is 14.3. The molecule has 0 amide bonds. The van der Waals surface area contributed by atoms with E-state index in [1.807, 2.05) is 0 Å². The van der Waals surface area contributed by atoms with Gasteiger partial charge in [0.25, 0.3) is 0 Å². The minimum atomic E-state index is -0.481. The second-order valence-corrected chi connectivity index (χ2v) is 11.4. The Hall–Kier alpha value is -1.36. The molecule has 0 N–H and O–H groups in total. The van der Waals surface area contributed by atoms with Gasteiger partial charge in [-0.15, -0.1) is 0 Å². The zero-order valence-electron chi connectivity index (χ0n) is 20.6. The molecule has 31 heavy (non-hydrogen) atoms. The van der Waals surface area contributed by atoms with E-state index in [0.29, 0.717) is 0 Å². The number of unbranched alkanes of at least 4 members (excludes halogenated alkanes) is 2. The molecule has 1 aromatic carbocycles. The molecular formula is C26H41BrO4. The van der Waals surface area contributed by atoms with Gasteiger partial charge in [0.1, 0.15) is 12.2 Å². The smallest absolute Gasteiger partial charge is 0.339 e. The Balaban J connectivity index is 3.17. The summed E-state index contributed by atoms with van der Waals surface area (Å²) in [6.07, 6.45) is 5.17. The molecule has 4 nitrogen and oxygen atoms in total. The van der Waals surface area contributed by atoms with Gasteiger partial charge in [0.2, 0.25) is 0 Å². The first-order valence-corrected chi connectivity index (χ1v) is 12.3. The number of rotatable bonds is 10. The average Bonchev–Trinajstić information content (AvgIpc) is 2.66. The highest BCUT2D eigenvalue weighted by Gasteiger charge is 2.32. The minimum Gasteiger partial charge on any atom is -0.458 e. The summed E-state index contributed by atoms with van der Waals surface area (Å²) < 4.78 is 12.5. The fourth-order valence-electron chi connectivity index (χ4n) is 3.37. The normalized spacial score (nSPS) is 14.1. The van der Waals surface area contributed by atoms with Gasteiger partial charge in [0.05, 0.1) is 11.1 Å². The molecule has 0 aliphatic carbocycles. The third-order valence-corrected chi connectivity index (χ3v) is 5.98. The van der Waals surface area contributed by atoms with Crippen LogP contribution >= 0.6 is 15.9 Å². The lowest BCUT2D eigenvalue weighted by Gasteiger charge is -2.31. The van der Waals surface area contributed by atoms with Gasteiger partial charge in [-0.05, 0) is 41.9 Å². The Labute approximate surface area is 197 Å². The highest BCUT2D eigenvalue weighted by atomic mass is 79.9. The number of carbonyl (C=O) groups is 2. The van der Waals surface area contributed by atoms with Crippen molar-refractivity contribution in [1.29, 1.82) is 0 Å². The Morgan fingerprint density at radius 1 is 0.806 bits per heavy atom. The molecule has 0 aliphatic heterocycles. The van der Waals surface area contributed by atoms with Gasteiger partial charge in [-0.1, -0.05) is 97.0 Å². The van der Waals surface area contributed by atoms with E-state index in [9.17, 15) is 9.59 Å². The lowest BCUT2D eigenvalue weighted by molar-refractivity contribution is -0.0106. The van der Waals surface area contributed by atoms with Crippen LogP contribution in [0.1, 0.15) is 115 Å². The van der Waals surface area contributed by atoms with Crippen LogP contribution in [-0.4, -0.2) is 24.1 Å². The molecule has 2 unspecified atom stereocenters. The maximum atomic E-state index is 13.1. The molecule has 1 rings (SSSR count). The van der Waals surface area contributed by atoms with Crippen LogP contribution in [0.4, 0.5) is 0 Å². The molecule has 0 saturated carbocycles. The predicted molar refractivity (Wildman–Crippen MR) is 131 cm³/mol. The fourth-order valence-corrected chi connectivity index (χ4v) is 3.73. The Bertz CT molecular complexity index is 728. The van der Waals surface area contributed by atoms with E-state index >= 15 is 0 Å². The molecule has 2 atom stereocenters. The first-order valence-electron chi connectivity index (χ1n) is 11.5. The summed E-state index contributed by atoms with van der Waals surface area (Å²) in [5.41, 5.74) is 0.128. The van der Waals surface area contributed by atoms with Crippen molar-refractivity contribution in [2.45, 2.75) is 106 Å². The van der Waals surface area contributed by atoms with Crippen LogP contribution in [0.5, 0.6) is 0 Å². The molecule has 0 heterocycles. The van der Waals surface area contributed by atoms with Gasteiger partial charge in [0, 0.05) is 4.47 Å². The lowest BCUT2D eigenvalue weighted by atomic mass is 9.86. The number of benzene rings is 1. The van der Waals surface area contributed by atoms with Crippen molar-refractivity contribution >= 4 is 27.9 Å². The second kappa shape index (κ2) is 12.0. The van der Waals surface area contributed by atoms with Crippen LogP contribution in [0.3, 0.4) is 0 Å². The van der Waals surface area contributed by atoms with E-state index < -0.39 is 11.9 Å². The Kier molecular flexibility index (Phi) is 10.7. The van der Waals surface area contributed by atoms with Crippen LogP contribution in [0.25, 0.3) is 0 Å². The molecule has 0 spiro atoms. The summed E-state index contributed by atoms with van der Waals surface area (Å²) in [5, 5.41) is 0. The summed E-state index contributed by atoms with van der Waals surface area (Å²) in [7, 11) is 0. The third kappa shape index (κ3) is 8.96. The van der Waals surface area contributed by atoms with Crippen molar-refractivity contribution in [1.82, 2.24) is 0 Å². The summed E-state index contributed by atoms with van der Waals surface area (Å²) in [5.74, 6) is -0.957. The third-order valence-electron chi connectivity index (χ3n) is 5.49. The largest absolute Gasteiger partial charge is 0.458 e. The van der Waals surface area contributed by atoms with Crippen molar-refractivity contribution in [2.24, 2.45) is 10.8 Å². The maximum Gasteiger partial charge on any atom is 0.339 e. The molecule has 5 heteroatoms. The number of hydrogen-bond donors (Lipinski definition) is 0. The van der Waals surface area contributed by atoms with Crippen LogP contribution in [-0.2, 0) is 9.47 Å². The van der Waals surface area contributed by atoms with E-state index in [1.54, 1.807) is 18.2 Å². The average molecular weight is 498 g/mol. The Morgan fingerprint density at radius 3 is 1.61 bits per heavy atom. The zero-order chi connectivity index (χ0) is 23.8. The zero-order valence-corrected chi connectivity index (χ0v) is 22.2. The number of hydrogen-bond acceptors (Lipinski definition) is 4. The van der Waals surface area contributed by atoms with Crippen LogP contribution in [0.2, 0.25) is 0 Å². The lowest BCUT2D eigenvalue weighted by Crippen LogP contribution is -2.33. The number of esters is 2. The molecule has 1 aromatic rings. The molecule has 0 bridgehead atoms. The van der Waals surface area contributed by atoms with Gasteiger partial charge >= 0.3 is 11.9 Å². The SMILES string of the molecule is CCCCC(OC(=O)c1ccc(Br)cc1C(=O)OC(CCCC)C(C)(C)C)C(C)(C)C. The highest BCUT2D eigenvalue weighted by Crippen LogP contribution is 2.30. The van der Waals surface area contributed by atoms with E-state index in [-0.39, 0.29) is 34.2 Å². The van der Waals surface area contributed by atoms with Gasteiger partial charge < -0.3 is 9.47 Å². The molecule has 176 valence electrons. The summed E-state index contributed by atoms with van der Waals surface area (Å²) >= 11 is 3.42. The van der Waals surface area contributed by atoms with E-state index in [2.05, 4.69) is 71.3 Å². The molecule has 0 saturated heterocycles. The molecule has 0 aromatic heterocycles. The van der Waals surface area contributed by atoms with Crippen molar-refractivity contribution < 1.29 is 19.1 Å². The number of halogens is 1. The Morgan fingerprint density at radius 2 is 1.23 bits per heavy atom. The molecular weight excluding hydrogens is 456 g/mol. The van der Waals surface area contributed by atoms with Crippen molar-refractivity contribution in [3.63, 3.8) is 0 Å². The van der Waals surface area contributed by atoms with Crippen molar-refractivity contribution in [3.8, 4) is 0 Å². The van der Waals surface area contributed by atoms with E-state index in [0.717, 1.165) is 43.0 Å². The quantitative estimate of drug-likeness (QED) is 0.308. The fraction of sp³-hybridized carbons (Fsp3) is 0.692. The standard InChI is InChI=1S/C26H41BrO4/c1-9-11-13-21(25(3,4)5)30-23(28)19-16-15-18(27)17-20(19)24(29)31-22(14-12-10-2)26(6,7)8/h15-17,21-22H,9-14H2,1-8H3. The van der Waals surface area contributed by atoms with E-state index in [4.69, 9.17) is 9.47 Å². The van der Waals surface area contributed by atoms with Crippen LogP contribution < -0.4 is 0 Å². The topological polar surface area (TPSA) is 52.6 Å². The summed E-state index contributed by atoms with van der Waals surface area (Å²) in [6, 6.07) is 5.04. The van der Waals surface area contributed by atoms with Gasteiger partial charge in [-0.2, -0.15) is 0 Å². The van der Waals surface area contributed by atoms with Crippen molar-refractivity contribution in [3.05, 3.63) is 33.8 Å². The monoisotopic (exact) mass is 496 g/mol. The first kappa shape index (κ1) is 27.7. The molecule has 0 fully saturated rings. The number of ether oxygens (including phenoxy) is 2. The molecule has 0 aliphatic rings. The van der Waals surface area contributed by atoms with Gasteiger partial charge in [-0.3, -0.25) is 0 Å². The van der Waals surface area contributed by atoms with Gasteiger partial charge in [0.15, 0.2) is 0 Å². The van der Waals surface area contributed by atoms with Gasteiger partial charge in [-0.25, -0.2) is 9.59 Å². The highest BCUT2D eigenvalue weighted by molar-refractivity contribution is 9.10. The van der Waals surface area contributed by atoms with Crippen LogP contribution in [0, 0.1) is 10.8 Å². The van der Waals surface area contributed by atoms with Crippen LogP contribution in [0.15, 0.2) is 22.7 Å². The van der Waals surface area contributed by atoms with Crippen molar-refractivity contribution in [2.75, 3.05) is 0 Å². The maximum absolute atomic E-state index is 13.1.